The second-order valence-electron chi connectivity index (χ2n) is 6.32. The molecule has 0 aromatic carbocycles. The van der Waals surface area contributed by atoms with Gasteiger partial charge in [-0.05, 0) is 33.1 Å². The zero-order chi connectivity index (χ0) is 14.4. The lowest BCUT2D eigenvalue weighted by Gasteiger charge is -2.39. The first kappa shape index (κ1) is 14.1. The molecule has 2 bridgehead atoms. The number of hydrogen-bond donors (Lipinski definition) is 1. The van der Waals surface area contributed by atoms with Gasteiger partial charge >= 0.3 is 12.1 Å². The summed E-state index contributed by atoms with van der Waals surface area (Å²) in [6.45, 7) is 6.13. The molecule has 2 N–H and O–H groups in total. The van der Waals surface area contributed by atoms with Crippen molar-refractivity contribution in [3.05, 3.63) is 0 Å². The number of esters is 1. The topological polar surface area (TPSA) is 81.9 Å². The van der Waals surface area contributed by atoms with Gasteiger partial charge in [-0.3, -0.25) is 4.79 Å². The summed E-state index contributed by atoms with van der Waals surface area (Å²) < 4.78 is 10.0. The summed E-state index contributed by atoms with van der Waals surface area (Å²) in [5.74, 6) is -0.127. The maximum atomic E-state index is 12.1. The Balaban J connectivity index is 1.99. The van der Waals surface area contributed by atoms with Crippen LogP contribution >= 0.6 is 0 Å². The molecular formula is C13H22N2O4. The Labute approximate surface area is 113 Å². The molecular weight excluding hydrogens is 248 g/mol. The van der Waals surface area contributed by atoms with Crippen LogP contribution in [-0.2, 0) is 14.3 Å². The molecule has 108 valence electrons. The van der Waals surface area contributed by atoms with Gasteiger partial charge in [-0.15, -0.1) is 0 Å². The van der Waals surface area contributed by atoms with Gasteiger partial charge in [0.2, 0.25) is 0 Å². The van der Waals surface area contributed by atoms with Crippen LogP contribution in [0.25, 0.3) is 0 Å². The maximum absolute atomic E-state index is 12.1. The van der Waals surface area contributed by atoms with Crippen molar-refractivity contribution in [2.24, 2.45) is 17.6 Å². The van der Waals surface area contributed by atoms with E-state index >= 15 is 0 Å². The van der Waals surface area contributed by atoms with Crippen LogP contribution in [0.5, 0.6) is 0 Å². The summed E-state index contributed by atoms with van der Waals surface area (Å²) in [7, 11) is 1.33. The predicted octanol–water partition coefficient (Wildman–Crippen LogP) is 0.742. The molecule has 2 aliphatic heterocycles. The second kappa shape index (κ2) is 4.67. The summed E-state index contributed by atoms with van der Waals surface area (Å²) in [6.07, 6.45) is 0.578. The zero-order valence-corrected chi connectivity index (χ0v) is 11.9. The van der Waals surface area contributed by atoms with E-state index < -0.39 is 17.6 Å². The molecule has 1 saturated carbocycles. The summed E-state index contributed by atoms with van der Waals surface area (Å²) >= 11 is 0. The third kappa shape index (κ3) is 2.54. The summed E-state index contributed by atoms with van der Waals surface area (Å²) in [4.78, 5) is 25.2. The molecule has 3 fully saturated rings. The number of ether oxygens (including phenoxy) is 2. The van der Waals surface area contributed by atoms with E-state index in [1.807, 2.05) is 20.8 Å². The fraction of sp³-hybridized carbons (Fsp3) is 0.846. The van der Waals surface area contributed by atoms with E-state index in [0.717, 1.165) is 6.42 Å². The molecule has 3 rings (SSSR count). The fourth-order valence-electron chi connectivity index (χ4n) is 3.02. The number of nitrogens with zero attached hydrogens (tertiary/aromatic N) is 1. The molecule has 1 amide bonds. The van der Waals surface area contributed by atoms with Crippen LogP contribution < -0.4 is 5.73 Å². The lowest BCUT2D eigenvalue weighted by molar-refractivity contribution is -0.145. The predicted molar refractivity (Wildman–Crippen MR) is 68.3 cm³/mol. The normalized spacial score (nSPS) is 30.6. The van der Waals surface area contributed by atoms with Gasteiger partial charge in [0.05, 0.1) is 7.11 Å². The van der Waals surface area contributed by atoms with Crippen LogP contribution in [0.3, 0.4) is 0 Å². The Morgan fingerprint density at radius 2 is 2.00 bits per heavy atom. The number of carbonyl (C=O) groups excluding carboxylic acids is 2. The Morgan fingerprint density at radius 1 is 1.37 bits per heavy atom. The zero-order valence-electron chi connectivity index (χ0n) is 11.9. The molecule has 0 radical (unpaired) electrons. The Bertz CT molecular complexity index is 391. The van der Waals surface area contributed by atoms with Crippen molar-refractivity contribution in [1.29, 1.82) is 0 Å². The van der Waals surface area contributed by atoms with Gasteiger partial charge in [-0.1, -0.05) is 0 Å². The van der Waals surface area contributed by atoms with E-state index in [-0.39, 0.29) is 24.0 Å². The smallest absolute Gasteiger partial charge is 0.410 e. The standard InChI is InChI=1S/C13H22N2O4/c1-13(2,3)19-12(17)15-6-7-5-8(15)9(7)10(14)11(16)18-4/h7-10H,5-6,14H2,1-4H3/t7-,8-,9?,10?/m0/s1. The maximum Gasteiger partial charge on any atom is 0.410 e. The van der Waals surface area contributed by atoms with E-state index in [9.17, 15) is 9.59 Å². The number of methoxy groups -OCH3 is 1. The average Bonchev–Trinajstić information content (AvgIpc) is 2.83. The van der Waals surface area contributed by atoms with Crippen LogP contribution in [0.15, 0.2) is 0 Å². The van der Waals surface area contributed by atoms with Crippen LogP contribution in [-0.4, -0.2) is 48.3 Å². The van der Waals surface area contributed by atoms with Crippen LogP contribution in [0, 0.1) is 11.8 Å². The molecule has 0 aromatic rings. The molecule has 2 unspecified atom stereocenters. The van der Waals surface area contributed by atoms with E-state index in [4.69, 9.17) is 10.5 Å². The molecule has 1 aliphatic carbocycles. The molecule has 2 saturated heterocycles. The minimum absolute atomic E-state index is 0.0000293. The Morgan fingerprint density at radius 3 is 2.53 bits per heavy atom. The number of hydrogen-bond acceptors (Lipinski definition) is 5. The average molecular weight is 270 g/mol. The van der Waals surface area contributed by atoms with E-state index in [0.29, 0.717) is 6.54 Å². The number of nitrogens with two attached hydrogens (primary N) is 1. The minimum Gasteiger partial charge on any atom is -0.468 e. The first-order chi connectivity index (χ1) is 8.74. The van der Waals surface area contributed by atoms with Gasteiger partial charge in [0.1, 0.15) is 11.6 Å². The summed E-state index contributed by atoms with van der Waals surface area (Å²) in [5.41, 5.74) is 5.38. The minimum atomic E-state index is -0.652. The lowest BCUT2D eigenvalue weighted by atomic mass is 9.70. The number of amides is 1. The highest BCUT2D eigenvalue weighted by Crippen LogP contribution is 2.48. The number of rotatable bonds is 2. The monoisotopic (exact) mass is 270 g/mol. The van der Waals surface area contributed by atoms with Crippen molar-refractivity contribution in [3.63, 3.8) is 0 Å². The number of fused-ring (bicyclic) bond motifs is 1. The Hall–Kier alpha value is -1.30. The van der Waals surface area contributed by atoms with Crippen molar-refractivity contribution in [1.82, 2.24) is 4.90 Å². The van der Waals surface area contributed by atoms with E-state index in [2.05, 4.69) is 4.74 Å². The highest BCUT2D eigenvalue weighted by molar-refractivity contribution is 5.77. The van der Waals surface area contributed by atoms with Gasteiger partial charge in [-0.2, -0.15) is 0 Å². The van der Waals surface area contributed by atoms with Crippen molar-refractivity contribution in [3.8, 4) is 0 Å². The number of carbonyl (C=O) groups is 2. The van der Waals surface area contributed by atoms with Crippen LogP contribution in [0.1, 0.15) is 27.2 Å². The molecule has 2 heterocycles. The first-order valence-electron chi connectivity index (χ1n) is 6.57. The van der Waals surface area contributed by atoms with Gasteiger partial charge in [0.25, 0.3) is 0 Å². The first-order valence-corrected chi connectivity index (χ1v) is 6.57. The van der Waals surface area contributed by atoms with Crippen molar-refractivity contribution in [2.75, 3.05) is 13.7 Å². The molecule has 3 aliphatic rings. The fourth-order valence-corrected chi connectivity index (χ4v) is 3.02. The van der Waals surface area contributed by atoms with E-state index in [1.54, 1.807) is 4.90 Å². The molecule has 6 nitrogen and oxygen atoms in total. The molecule has 0 aromatic heterocycles. The van der Waals surface area contributed by atoms with Gasteiger partial charge in [-0.25, -0.2) is 4.79 Å². The second-order valence-corrected chi connectivity index (χ2v) is 6.32. The highest BCUT2D eigenvalue weighted by Gasteiger charge is 2.58. The van der Waals surface area contributed by atoms with E-state index in [1.165, 1.54) is 7.11 Å². The quantitative estimate of drug-likeness (QED) is 0.748. The van der Waals surface area contributed by atoms with Crippen molar-refractivity contribution < 1.29 is 19.1 Å². The molecule has 19 heavy (non-hydrogen) atoms. The van der Waals surface area contributed by atoms with Gasteiger partial charge < -0.3 is 20.1 Å². The molecule has 4 atom stereocenters. The molecule has 0 spiro atoms. The summed E-state index contributed by atoms with van der Waals surface area (Å²) in [6, 6.07) is -0.643. The SMILES string of the molecule is COC(=O)C(N)C1[C@H]2C[C@@H]1N(C(=O)OC(C)(C)C)C2. The summed E-state index contributed by atoms with van der Waals surface area (Å²) in [5, 5.41) is 0. The van der Waals surface area contributed by atoms with Crippen molar-refractivity contribution >= 4 is 12.1 Å². The van der Waals surface area contributed by atoms with Crippen LogP contribution in [0.2, 0.25) is 0 Å². The lowest BCUT2D eigenvalue weighted by Crippen LogP contribution is -2.53. The largest absolute Gasteiger partial charge is 0.468 e. The van der Waals surface area contributed by atoms with Gasteiger partial charge in [0, 0.05) is 18.5 Å². The Kier molecular flexibility index (Phi) is 3.47. The van der Waals surface area contributed by atoms with Crippen LogP contribution in [0.4, 0.5) is 4.79 Å². The third-order valence-corrected chi connectivity index (χ3v) is 3.88. The van der Waals surface area contributed by atoms with Gasteiger partial charge in [0.15, 0.2) is 0 Å². The highest BCUT2D eigenvalue weighted by atomic mass is 16.6. The third-order valence-electron chi connectivity index (χ3n) is 3.88. The van der Waals surface area contributed by atoms with Crippen molar-refractivity contribution in [2.45, 2.75) is 44.9 Å². The molecule has 6 heteroatoms.